The van der Waals surface area contributed by atoms with E-state index in [-0.39, 0.29) is 11.9 Å². The number of anilines is 2. The minimum Gasteiger partial charge on any atom is -0.399 e. The maximum absolute atomic E-state index is 13.3. The smallest absolute Gasteiger partial charge is 0.127 e. The molecule has 1 unspecified atom stereocenters. The number of ether oxygens (including phenoxy) is 1. The summed E-state index contributed by atoms with van der Waals surface area (Å²) in [6.45, 7) is 4.66. The van der Waals surface area contributed by atoms with Gasteiger partial charge >= 0.3 is 0 Å². The highest BCUT2D eigenvalue weighted by Crippen LogP contribution is 2.24. The van der Waals surface area contributed by atoms with Crippen LogP contribution in [0.25, 0.3) is 0 Å². The number of halogens is 1. The quantitative estimate of drug-likeness (QED) is 0.837. The normalized spacial score (nSPS) is 20.1. The summed E-state index contributed by atoms with van der Waals surface area (Å²) in [6, 6.07) is 4.71. The number of benzene rings is 1. The van der Waals surface area contributed by atoms with E-state index in [0.717, 1.165) is 44.6 Å². The summed E-state index contributed by atoms with van der Waals surface area (Å²) < 4.78 is 19.1. The lowest BCUT2D eigenvalue weighted by Gasteiger charge is -2.34. The lowest BCUT2D eigenvalue weighted by atomic mass is 10.1. The Morgan fingerprint density at radius 3 is 3.00 bits per heavy atom. The van der Waals surface area contributed by atoms with Crippen LogP contribution in [0.2, 0.25) is 0 Å². The second-order valence-corrected chi connectivity index (χ2v) is 4.82. The number of piperidine rings is 1. The zero-order valence-corrected chi connectivity index (χ0v) is 10.9. The van der Waals surface area contributed by atoms with Crippen LogP contribution in [0.15, 0.2) is 18.2 Å². The van der Waals surface area contributed by atoms with Crippen LogP contribution in [-0.4, -0.2) is 25.8 Å². The van der Waals surface area contributed by atoms with E-state index in [0.29, 0.717) is 5.69 Å². The molecule has 1 saturated heterocycles. The molecule has 1 aromatic carbocycles. The first-order chi connectivity index (χ1) is 8.69. The fourth-order valence-electron chi connectivity index (χ4n) is 2.37. The molecule has 1 fully saturated rings. The molecule has 0 aromatic heterocycles. The maximum Gasteiger partial charge on any atom is 0.127 e. The average molecular weight is 252 g/mol. The van der Waals surface area contributed by atoms with Crippen molar-refractivity contribution in [1.29, 1.82) is 0 Å². The summed E-state index contributed by atoms with van der Waals surface area (Å²) in [7, 11) is 0. The number of rotatable bonds is 4. The van der Waals surface area contributed by atoms with Crippen molar-refractivity contribution < 1.29 is 9.13 Å². The Balaban J connectivity index is 2.03. The van der Waals surface area contributed by atoms with Crippen LogP contribution in [0.5, 0.6) is 0 Å². The van der Waals surface area contributed by atoms with Gasteiger partial charge in [0, 0.05) is 31.1 Å². The first-order valence-corrected chi connectivity index (χ1v) is 6.61. The molecule has 18 heavy (non-hydrogen) atoms. The van der Waals surface area contributed by atoms with Gasteiger partial charge in [0.25, 0.3) is 0 Å². The van der Waals surface area contributed by atoms with Crippen molar-refractivity contribution in [3.05, 3.63) is 24.0 Å². The molecule has 2 rings (SSSR count). The summed E-state index contributed by atoms with van der Waals surface area (Å²) in [4.78, 5) is 2.16. The lowest BCUT2D eigenvalue weighted by molar-refractivity contribution is 0.0440. The van der Waals surface area contributed by atoms with Gasteiger partial charge in [-0.2, -0.15) is 0 Å². The summed E-state index contributed by atoms with van der Waals surface area (Å²) >= 11 is 0. The van der Waals surface area contributed by atoms with Crippen LogP contribution in [0.1, 0.15) is 26.2 Å². The zero-order chi connectivity index (χ0) is 13.0. The predicted molar refractivity (Wildman–Crippen MR) is 72.3 cm³/mol. The van der Waals surface area contributed by atoms with Crippen LogP contribution >= 0.6 is 0 Å². The Morgan fingerprint density at radius 1 is 1.44 bits per heavy atom. The largest absolute Gasteiger partial charge is 0.399 e. The molecule has 0 amide bonds. The van der Waals surface area contributed by atoms with Crippen molar-refractivity contribution in [1.82, 2.24) is 0 Å². The van der Waals surface area contributed by atoms with Crippen LogP contribution in [0, 0.1) is 5.82 Å². The van der Waals surface area contributed by atoms with E-state index in [4.69, 9.17) is 10.5 Å². The minimum atomic E-state index is -0.276. The van der Waals surface area contributed by atoms with Gasteiger partial charge in [-0.3, -0.25) is 0 Å². The monoisotopic (exact) mass is 252 g/mol. The standard InChI is InChI=1S/C14H21FN2O/c1-2-6-18-14-4-3-5-17(10-14)13-8-11(15)7-12(16)9-13/h7-9,14H,2-6,10,16H2,1H3. The highest BCUT2D eigenvalue weighted by molar-refractivity contribution is 5.56. The first-order valence-electron chi connectivity index (χ1n) is 6.61. The van der Waals surface area contributed by atoms with Crippen molar-refractivity contribution in [3.8, 4) is 0 Å². The second-order valence-electron chi connectivity index (χ2n) is 4.82. The number of hydrogen-bond acceptors (Lipinski definition) is 3. The SMILES string of the molecule is CCCOC1CCCN(c2cc(N)cc(F)c2)C1. The number of nitrogen functional groups attached to an aromatic ring is 1. The molecule has 0 saturated carbocycles. The van der Waals surface area contributed by atoms with Crippen LogP contribution in [0.4, 0.5) is 15.8 Å². The highest BCUT2D eigenvalue weighted by atomic mass is 19.1. The van der Waals surface area contributed by atoms with E-state index in [2.05, 4.69) is 11.8 Å². The Kier molecular flexibility index (Phi) is 4.42. The predicted octanol–water partition coefficient (Wildman–Crippen LogP) is 2.80. The van der Waals surface area contributed by atoms with Crippen LogP contribution < -0.4 is 10.6 Å². The van der Waals surface area contributed by atoms with Gasteiger partial charge in [0.15, 0.2) is 0 Å². The van der Waals surface area contributed by atoms with Gasteiger partial charge in [-0.15, -0.1) is 0 Å². The minimum absolute atomic E-state index is 0.253. The fraction of sp³-hybridized carbons (Fsp3) is 0.571. The van der Waals surface area contributed by atoms with Gasteiger partial charge in [0.2, 0.25) is 0 Å². The summed E-state index contributed by atoms with van der Waals surface area (Å²) in [5.41, 5.74) is 7.02. The Labute approximate surface area is 108 Å². The van der Waals surface area contributed by atoms with Gasteiger partial charge in [0.1, 0.15) is 5.82 Å². The van der Waals surface area contributed by atoms with E-state index < -0.39 is 0 Å². The molecule has 1 heterocycles. The molecule has 0 spiro atoms. The van der Waals surface area contributed by atoms with Crippen molar-refractivity contribution in [2.45, 2.75) is 32.3 Å². The Hall–Kier alpha value is -1.29. The summed E-state index contributed by atoms with van der Waals surface area (Å²) in [5, 5.41) is 0. The third kappa shape index (κ3) is 3.35. The third-order valence-corrected chi connectivity index (χ3v) is 3.21. The average Bonchev–Trinajstić information content (AvgIpc) is 2.35. The molecule has 1 aliphatic heterocycles. The van der Waals surface area contributed by atoms with Crippen molar-refractivity contribution in [3.63, 3.8) is 0 Å². The van der Waals surface area contributed by atoms with E-state index in [1.807, 2.05) is 6.07 Å². The molecular formula is C14H21FN2O. The molecule has 2 N–H and O–H groups in total. The molecule has 0 aliphatic carbocycles. The Morgan fingerprint density at radius 2 is 2.28 bits per heavy atom. The molecule has 1 aliphatic rings. The molecular weight excluding hydrogens is 231 g/mol. The van der Waals surface area contributed by atoms with Gasteiger partial charge in [-0.25, -0.2) is 4.39 Å². The highest BCUT2D eigenvalue weighted by Gasteiger charge is 2.20. The van der Waals surface area contributed by atoms with Crippen molar-refractivity contribution in [2.75, 3.05) is 30.3 Å². The van der Waals surface area contributed by atoms with E-state index in [1.54, 1.807) is 6.07 Å². The maximum atomic E-state index is 13.3. The summed E-state index contributed by atoms with van der Waals surface area (Å²) in [6.07, 6.45) is 3.44. The summed E-state index contributed by atoms with van der Waals surface area (Å²) in [5.74, 6) is -0.276. The molecule has 3 nitrogen and oxygen atoms in total. The van der Waals surface area contributed by atoms with Gasteiger partial charge in [-0.1, -0.05) is 6.92 Å². The van der Waals surface area contributed by atoms with Gasteiger partial charge in [0.05, 0.1) is 6.10 Å². The zero-order valence-electron chi connectivity index (χ0n) is 10.9. The van der Waals surface area contributed by atoms with E-state index >= 15 is 0 Å². The Bertz CT molecular complexity index is 377. The number of nitrogens with zero attached hydrogens (tertiary/aromatic N) is 1. The van der Waals surface area contributed by atoms with Crippen LogP contribution in [-0.2, 0) is 4.74 Å². The number of hydrogen-bond donors (Lipinski definition) is 1. The fourth-order valence-corrected chi connectivity index (χ4v) is 2.37. The van der Waals surface area contributed by atoms with Crippen LogP contribution in [0.3, 0.4) is 0 Å². The first kappa shape index (κ1) is 13.1. The van der Waals surface area contributed by atoms with E-state index in [1.165, 1.54) is 6.07 Å². The molecule has 100 valence electrons. The molecule has 4 heteroatoms. The lowest BCUT2D eigenvalue weighted by Crippen LogP contribution is -2.39. The molecule has 0 radical (unpaired) electrons. The van der Waals surface area contributed by atoms with E-state index in [9.17, 15) is 4.39 Å². The van der Waals surface area contributed by atoms with Crippen molar-refractivity contribution in [2.24, 2.45) is 0 Å². The molecule has 1 atom stereocenters. The van der Waals surface area contributed by atoms with Gasteiger partial charge < -0.3 is 15.4 Å². The van der Waals surface area contributed by atoms with Crippen molar-refractivity contribution >= 4 is 11.4 Å². The molecule has 0 bridgehead atoms. The molecule has 1 aromatic rings. The number of nitrogens with two attached hydrogens (primary N) is 1. The second kappa shape index (κ2) is 6.05. The topological polar surface area (TPSA) is 38.5 Å². The third-order valence-electron chi connectivity index (χ3n) is 3.21. The van der Waals surface area contributed by atoms with Gasteiger partial charge in [-0.05, 0) is 37.5 Å².